The molecule has 5 nitrogen and oxygen atoms in total. The molecule has 0 aliphatic rings. The van der Waals surface area contributed by atoms with Crippen molar-refractivity contribution in [3.05, 3.63) is 28.2 Å². The summed E-state index contributed by atoms with van der Waals surface area (Å²) in [5.41, 5.74) is -0.0330. The van der Waals surface area contributed by atoms with Crippen LogP contribution in [0.3, 0.4) is 0 Å². The second-order valence-corrected chi connectivity index (χ2v) is 7.36. The van der Waals surface area contributed by atoms with Gasteiger partial charge >= 0.3 is 5.97 Å². The Bertz CT molecular complexity index is 569. The number of hydrogen-bond acceptors (Lipinski definition) is 4. The lowest BCUT2D eigenvalue weighted by Gasteiger charge is -2.11. The average Bonchev–Trinajstić information content (AvgIpc) is 2.28. The van der Waals surface area contributed by atoms with Gasteiger partial charge in [-0.3, -0.25) is 0 Å². The van der Waals surface area contributed by atoms with Crippen LogP contribution in [-0.4, -0.2) is 50.8 Å². The second-order valence-electron chi connectivity index (χ2n) is 4.43. The van der Waals surface area contributed by atoms with Crippen LogP contribution in [0, 0.1) is 0 Å². The summed E-state index contributed by atoms with van der Waals surface area (Å²) in [5.74, 6) is -1.15. The Labute approximate surface area is 121 Å². The molecule has 0 saturated carbocycles. The Morgan fingerprint density at radius 2 is 2.00 bits per heavy atom. The highest BCUT2D eigenvalue weighted by Gasteiger charge is 2.19. The number of halogens is 1. The predicted molar refractivity (Wildman–Crippen MR) is 76.3 cm³/mol. The highest BCUT2D eigenvalue weighted by atomic mass is 79.9. The van der Waals surface area contributed by atoms with Crippen LogP contribution >= 0.6 is 15.9 Å². The molecule has 0 amide bonds. The van der Waals surface area contributed by atoms with Crippen molar-refractivity contribution in [2.75, 3.05) is 26.4 Å². The number of aromatic carboxylic acids is 1. The van der Waals surface area contributed by atoms with Crippen molar-refractivity contribution in [2.24, 2.45) is 0 Å². The molecule has 0 heterocycles. The summed E-state index contributed by atoms with van der Waals surface area (Å²) in [4.78, 5) is 12.8. The summed E-state index contributed by atoms with van der Waals surface area (Å²) in [6.45, 7) is 0.662. The summed E-state index contributed by atoms with van der Waals surface area (Å²) < 4.78 is 24.7. The van der Waals surface area contributed by atoms with Crippen molar-refractivity contribution >= 4 is 31.7 Å². The first-order chi connectivity index (χ1) is 8.74. The van der Waals surface area contributed by atoms with E-state index in [4.69, 9.17) is 5.11 Å². The van der Waals surface area contributed by atoms with Gasteiger partial charge < -0.3 is 10.0 Å². The molecule has 1 aromatic carbocycles. The number of nitrogens with zero attached hydrogens (tertiary/aromatic N) is 1. The van der Waals surface area contributed by atoms with Crippen molar-refractivity contribution in [3.63, 3.8) is 0 Å². The molecule has 0 radical (unpaired) electrons. The molecule has 0 spiro atoms. The minimum Gasteiger partial charge on any atom is -0.478 e. The maximum atomic E-state index is 12.2. The fourth-order valence-corrected chi connectivity index (χ4v) is 3.94. The first-order valence-corrected chi connectivity index (χ1v) is 8.09. The first kappa shape index (κ1) is 16.1. The molecule has 0 aromatic heterocycles. The van der Waals surface area contributed by atoms with Crippen molar-refractivity contribution < 1.29 is 18.3 Å². The molecule has 0 atom stereocenters. The van der Waals surface area contributed by atoms with Gasteiger partial charge in [-0.1, -0.05) is 0 Å². The van der Waals surface area contributed by atoms with Gasteiger partial charge in [0.2, 0.25) is 0 Å². The van der Waals surface area contributed by atoms with E-state index in [1.165, 1.54) is 18.2 Å². The SMILES string of the molecule is CN(C)CCCS(=O)(=O)c1cc(C(=O)O)ccc1Br. The van der Waals surface area contributed by atoms with Crippen molar-refractivity contribution in [1.82, 2.24) is 4.90 Å². The molecule has 0 unspecified atom stereocenters. The van der Waals surface area contributed by atoms with E-state index in [0.717, 1.165) is 0 Å². The van der Waals surface area contributed by atoms with Gasteiger partial charge in [0, 0.05) is 4.47 Å². The number of benzene rings is 1. The molecule has 7 heteroatoms. The van der Waals surface area contributed by atoms with Crippen LogP contribution in [0.2, 0.25) is 0 Å². The number of sulfone groups is 1. The molecule has 0 fully saturated rings. The van der Waals surface area contributed by atoms with E-state index in [1.807, 2.05) is 19.0 Å². The Balaban J connectivity index is 3.00. The predicted octanol–water partition coefficient (Wildman–Crippen LogP) is 1.87. The quantitative estimate of drug-likeness (QED) is 0.848. The molecule has 0 aliphatic carbocycles. The number of carboxylic acid groups (broad SMARTS) is 1. The molecular formula is C12H16BrNO4S. The van der Waals surface area contributed by atoms with Gasteiger partial charge in [0.15, 0.2) is 9.84 Å². The summed E-state index contributed by atoms with van der Waals surface area (Å²) in [7, 11) is 0.258. The summed E-state index contributed by atoms with van der Waals surface area (Å²) in [6, 6.07) is 4.00. The minimum atomic E-state index is -3.48. The zero-order valence-electron chi connectivity index (χ0n) is 10.8. The molecular weight excluding hydrogens is 334 g/mol. The fourth-order valence-electron chi connectivity index (χ4n) is 1.56. The number of rotatable bonds is 6. The Kier molecular flexibility index (Phi) is 5.51. The number of carboxylic acids is 1. The van der Waals surface area contributed by atoms with E-state index in [9.17, 15) is 13.2 Å². The third kappa shape index (κ3) is 4.59. The number of carbonyl (C=O) groups is 1. The lowest BCUT2D eigenvalue weighted by Crippen LogP contribution is -2.17. The normalized spacial score (nSPS) is 11.8. The molecule has 1 N–H and O–H groups in total. The van der Waals surface area contributed by atoms with Gasteiger partial charge in [0.05, 0.1) is 16.2 Å². The fraction of sp³-hybridized carbons (Fsp3) is 0.417. The lowest BCUT2D eigenvalue weighted by molar-refractivity contribution is 0.0696. The van der Waals surface area contributed by atoms with Gasteiger partial charge in [0.25, 0.3) is 0 Å². The van der Waals surface area contributed by atoms with Gasteiger partial charge in [-0.15, -0.1) is 0 Å². The van der Waals surface area contributed by atoms with E-state index in [2.05, 4.69) is 15.9 Å². The van der Waals surface area contributed by atoms with Gasteiger partial charge in [-0.2, -0.15) is 0 Å². The van der Waals surface area contributed by atoms with Crippen LogP contribution in [-0.2, 0) is 9.84 Å². The highest BCUT2D eigenvalue weighted by Crippen LogP contribution is 2.24. The molecule has 0 aliphatic heterocycles. The standard InChI is InChI=1S/C12H16BrNO4S/c1-14(2)6-3-7-19(17,18)11-8-9(12(15)16)4-5-10(11)13/h4-5,8H,3,6-7H2,1-2H3,(H,15,16). The third-order valence-electron chi connectivity index (χ3n) is 2.53. The van der Waals surface area contributed by atoms with Crippen LogP contribution < -0.4 is 0 Å². The monoisotopic (exact) mass is 349 g/mol. The Morgan fingerprint density at radius 3 is 2.53 bits per heavy atom. The van der Waals surface area contributed by atoms with E-state index in [1.54, 1.807) is 0 Å². The zero-order chi connectivity index (χ0) is 14.6. The number of hydrogen-bond donors (Lipinski definition) is 1. The maximum Gasteiger partial charge on any atom is 0.335 e. The molecule has 0 bridgehead atoms. The molecule has 0 saturated heterocycles. The second kappa shape index (κ2) is 6.49. The average molecular weight is 350 g/mol. The Hall–Kier alpha value is -0.920. The van der Waals surface area contributed by atoms with Crippen LogP contribution in [0.1, 0.15) is 16.8 Å². The molecule has 106 valence electrons. The van der Waals surface area contributed by atoms with Gasteiger partial charge in [0.1, 0.15) is 0 Å². The van der Waals surface area contributed by atoms with E-state index >= 15 is 0 Å². The van der Waals surface area contributed by atoms with Gasteiger partial charge in [-0.25, -0.2) is 13.2 Å². The third-order valence-corrected chi connectivity index (χ3v) is 5.32. The van der Waals surface area contributed by atoms with Crippen LogP contribution in [0.15, 0.2) is 27.6 Å². The highest BCUT2D eigenvalue weighted by molar-refractivity contribution is 9.10. The van der Waals surface area contributed by atoms with Crippen molar-refractivity contribution in [2.45, 2.75) is 11.3 Å². The minimum absolute atomic E-state index is 0.00709. The summed E-state index contributed by atoms with van der Waals surface area (Å²) in [6.07, 6.45) is 0.499. The molecule has 1 rings (SSSR count). The largest absolute Gasteiger partial charge is 0.478 e. The van der Waals surface area contributed by atoms with Crippen LogP contribution in [0.5, 0.6) is 0 Å². The van der Waals surface area contributed by atoms with Crippen molar-refractivity contribution in [1.29, 1.82) is 0 Å². The van der Waals surface area contributed by atoms with E-state index in [-0.39, 0.29) is 16.2 Å². The van der Waals surface area contributed by atoms with E-state index in [0.29, 0.717) is 17.4 Å². The molecule has 19 heavy (non-hydrogen) atoms. The first-order valence-electron chi connectivity index (χ1n) is 5.64. The van der Waals surface area contributed by atoms with Crippen LogP contribution in [0.4, 0.5) is 0 Å². The lowest BCUT2D eigenvalue weighted by atomic mass is 10.2. The van der Waals surface area contributed by atoms with Crippen molar-refractivity contribution in [3.8, 4) is 0 Å². The van der Waals surface area contributed by atoms with Gasteiger partial charge in [-0.05, 0) is 61.2 Å². The summed E-state index contributed by atoms with van der Waals surface area (Å²) in [5, 5.41) is 8.90. The van der Waals surface area contributed by atoms with Crippen LogP contribution in [0.25, 0.3) is 0 Å². The topological polar surface area (TPSA) is 74.7 Å². The zero-order valence-corrected chi connectivity index (χ0v) is 13.2. The Morgan fingerprint density at radius 1 is 1.37 bits per heavy atom. The molecule has 1 aromatic rings. The smallest absolute Gasteiger partial charge is 0.335 e. The summed E-state index contributed by atoms with van der Waals surface area (Å²) >= 11 is 3.15. The van der Waals surface area contributed by atoms with E-state index < -0.39 is 15.8 Å². The maximum absolute atomic E-state index is 12.2.